The highest BCUT2D eigenvalue weighted by Crippen LogP contribution is 2.64. The van der Waals surface area contributed by atoms with Gasteiger partial charge in [-0.3, -0.25) is 14.4 Å². The summed E-state index contributed by atoms with van der Waals surface area (Å²) in [7, 11) is 0. The second kappa shape index (κ2) is 8.37. The third kappa shape index (κ3) is 3.87. The lowest BCUT2D eigenvalue weighted by Gasteiger charge is -2.58. The van der Waals surface area contributed by atoms with E-state index in [1.54, 1.807) is 0 Å². The van der Waals surface area contributed by atoms with E-state index in [-0.39, 0.29) is 46.8 Å². The molecular formula is C26H38O5. The zero-order valence-corrected chi connectivity index (χ0v) is 19.6. The first-order chi connectivity index (χ1) is 14.7. The van der Waals surface area contributed by atoms with E-state index in [2.05, 4.69) is 26.8 Å². The number of carbonyl (C=O) groups is 3. The fourth-order valence-electron chi connectivity index (χ4n) is 7.34. The monoisotopic (exact) mass is 430 g/mol. The van der Waals surface area contributed by atoms with Gasteiger partial charge in [-0.05, 0) is 61.9 Å². The minimum absolute atomic E-state index is 0.0284. The number of esters is 2. The molecule has 4 aliphatic rings. The fraction of sp³-hybridized carbons (Fsp3) is 0.808. The van der Waals surface area contributed by atoms with E-state index < -0.39 is 0 Å². The summed E-state index contributed by atoms with van der Waals surface area (Å²) >= 11 is 0. The average molecular weight is 431 g/mol. The van der Waals surface area contributed by atoms with Gasteiger partial charge < -0.3 is 9.47 Å². The molecule has 4 rings (SSSR count). The van der Waals surface area contributed by atoms with Crippen molar-refractivity contribution in [1.29, 1.82) is 0 Å². The molecule has 5 nitrogen and oxygen atoms in total. The predicted octanol–water partition coefficient (Wildman–Crippen LogP) is 5.16. The highest BCUT2D eigenvalue weighted by molar-refractivity contribution is 5.87. The van der Waals surface area contributed by atoms with E-state index in [9.17, 15) is 14.4 Å². The Morgan fingerprint density at radius 3 is 2.48 bits per heavy atom. The quantitative estimate of drug-likeness (QED) is 0.445. The topological polar surface area (TPSA) is 69.7 Å². The van der Waals surface area contributed by atoms with Crippen molar-refractivity contribution < 1.29 is 23.9 Å². The molecule has 0 radical (unpaired) electrons. The van der Waals surface area contributed by atoms with Crippen LogP contribution in [0.25, 0.3) is 0 Å². The average Bonchev–Trinajstić information content (AvgIpc) is 3.02. The molecule has 1 unspecified atom stereocenters. The number of unbranched alkanes of at least 4 members (excludes halogenated alkanes) is 1. The Morgan fingerprint density at radius 2 is 1.77 bits per heavy atom. The van der Waals surface area contributed by atoms with Crippen molar-refractivity contribution in [2.75, 3.05) is 0 Å². The van der Waals surface area contributed by atoms with Crippen molar-refractivity contribution in [2.45, 2.75) is 104 Å². The number of hydrogen-bond donors (Lipinski definition) is 0. The summed E-state index contributed by atoms with van der Waals surface area (Å²) in [6.45, 7) is 8.05. The number of Topliss-reactive ketones (excluding diaryl/α,β-unsaturated/α-hetero) is 1. The van der Waals surface area contributed by atoms with Gasteiger partial charge in [0.05, 0.1) is 0 Å². The van der Waals surface area contributed by atoms with Crippen LogP contribution >= 0.6 is 0 Å². The molecule has 0 aromatic carbocycles. The fourth-order valence-corrected chi connectivity index (χ4v) is 7.34. The molecule has 0 aliphatic heterocycles. The largest absolute Gasteiger partial charge is 0.462 e. The van der Waals surface area contributed by atoms with Gasteiger partial charge in [0.15, 0.2) is 0 Å². The van der Waals surface area contributed by atoms with Gasteiger partial charge in [0.25, 0.3) is 0 Å². The summed E-state index contributed by atoms with van der Waals surface area (Å²) in [5.41, 5.74) is 1.04. The Balaban J connectivity index is 1.67. The Bertz CT molecular complexity index is 785. The predicted molar refractivity (Wildman–Crippen MR) is 117 cm³/mol. The van der Waals surface area contributed by atoms with Gasteiger partial charge in [0, 0.05) is 37.5 Å². The number of carbonyl (C=O) groups excluding carboxylic acids is 3. The highest BCUT2D eigenvalue weighted by atomic mass is 16.5. The Hall–Kier alpha value is -1.65. The summed E-state index contributed by atoms with van der Waals surface area (Å²) in [6.07, 6.45) is 10.1. The maximum absolute atomic E-state index is 12.8. The van der Waals surface area contributed by atoms with Crippen LogP contribution in [0.3, 0.4) is 0 Å². The number of fused-ring (bicyclic) bond motifs is 5. The van der Waals surface area contributed by atoms with Crippen LogP contribution in [0.1, 0.15) is 91.9 Å². The molecule has 0 aromatic rings. The van der Waals surface area contributed by atoms with Gasteiger partial charge >= 0.3 is 11.9 Å². The van der Waals surface area contributed by atoms with Crippen LogP contribution in [-0.4, -0.2) is 29.9 Å². The molecule has 3 saturated carbocycles. The van der Waals surface area contributed by atoms with Crippen LogP contribution in [0.15, 0.2) is 11.6 Å². The first-order valence-corrected chi connectivity index (χ1v) is 12.3. The van der Waals surface area contributed by atoms with E-state index in [1.165, 1.54) is 12.5 Å². The lowest BCUT2D eigenvalue weighted by Crippen LogP contribution is -2.55. The molecule has 172 valence electrons. The summed E-state index contributed by atoms with van der Waals surface area (Å²) in [5.74, 6) is 0.918. The van der Waals surface area contributed by atoms with E-state index >= 15 is 0 Å². The molecule has 0 spiro atoms. The zero-order valence-electron chi connectivity index (χ0n) is 19.6. The standard InChI is InChI=1S/C26H38O5/c1-5-6-7-23(29)31-21-15-17-14-18(30-16(2)27)10-12-25(17,3)20-11-13-26(4)19(24(20)21)8-9-22(26)28/h15,18-21,24H,5-14H2,1-4H3/t18-,19-,20-,21?,24-,25-,26-/m0/s1. The SMILES string of the molecule is CCCCC(=O)OC1C=C2C[C@@H](OC(C)=O)CC[C@]2(C)[C@H]2CC[C@]3(C)C(=O)CC[C@H]3[C@H]12. The Labute approximate surface area is 186 Å². The first kappa shape index (κ1) is 22.5. The normalized spacial score (nSPS) is 41.5. The van der Waals surface area contributed by atoms with E-state index in [0.29, 0.717) is 24.5 Å². The van der Waals surface area contributed by atoms with Crippen LogP contribution in [0.4, 0.5) is 0 Å². The zero-order chi connectivity index (χ0) is 22.4. The maximum atomic E-state index is 12.8. The van der Waals surface area contributed by atoms with Gasteiger partial charge in [0.2, 0.25) is 0 Å². The molecule has 4 aliphatic carbocycles. The third-order valence-electron chi connectivity index (χ3n) is 9.11. The second-order valence-corrected chi connectivity index (χ2v) is 10.8. The third-order valence-corrected chi connectivity index (χ3v) is 9.11. The number of ether oxygens (including phenoxy) is 2. The van der Waals surface area contributed by atoms with Crippen molar-refractivity contribution in [2.24, 2.45) is 28.6 Å². The molecule has 5 heteroatoms. The van der Waals surface area contributed by atoms with Gasteiger partial charge in [-0.2, -0.15) is 0 Å². The van der Waals surface area contributed by atoms with E-state index in [4.69, 9.17) is 9.47 Å². The van der Waals surface area contributed by atoms with Gasteiger partial charge in [-0.25, -0.2) is 0 Å². The molecule has 0 saturated heterocycles. The maximum Gasteiger partial charge on any atom is 0.306 e. The van der Waals surface area contributed by atoms with Crippen molar-refractivity contribution in [3.8, 4) is 0 Å². The molecule has 0 amide bonds. The number of hydrogen-bond acceptors (Lipinski definition) is 5. The van der Waals surface area contributed by atoms with Crippen LogP contribution in [0, 0.1) is 28.6 Å². The van der Waals surface area contributed by atoms with Crippen molar-refractivity contribution in [3.05, 3.63) is 11.6 Å². The molecule has 0 N–H and O–H groups in total. The second-order valence-electron chi connectivity index (χ2n) is 10.8. The Morgan fingerprint density at radius 1 is 1.06 bits per heavy atom. The van der Waals surface area contributed by atoms with Crippen molar-refractivity contribution in [1.82, 2.24) is 0 Å². The molecule has 0 bridgehead atoms. The summed E-state index contributed by atoms with van der Waals surface area (Å²) in [6, 6.07) is 0. The minimum atomic E-state index is -0.274. The van der Waals surface area contributed by atoms with Crippen LogP contribution < -0.4 is 0 Å². The first-order valence-electron chi connectivity index (χ1n) is 12.3. The van der Waals surface area contributed by atoms with Crippen LogP contribution in [0.5, 0.6) is 0 Å². The molecular weight excluding hydrogens is 392 g/mol. The van der Waals surface area contributed by atoms with Crippen LogP contribution in [0.2, 0.25) is 0 Å². The lowest BCUT2D eigenvalue weighted by molar-refractivity contribution is -0.161. The van der Waals surface area contributed by atoms with Crippen molar-refractivity contribution >= 4 is 17.7 Å². The van der Waals surface area contributed by atoms with Crippen molar-refractivity contribution in [3.63, 3.8) is 0 Å². The Kier molecular flexibility index (Phi) is 6.08. The van der Waals surface area contributed by atoms with Crippen LogP contribution in [-0.2, 0) is 23.9 Å². The molecule has 7 atom stereocenters. The lowest BCUT2D eigenvalue weighted by atomic mass is 9.47. The molecule has 0 aromatic heterocycles. The number of rotatable bonds is 5. The summed E-state index contributed by atoms with van der Waals surface area (Å²) in [4.78, 5) is 37.0. The van der Waals surface area contributed by atoms with Gasteiger partial charge in [0.1, 0.15) is 18.0 Å². The van der Waals surface area contributed by atoms with Gasteiger partial charge in [-0.1, -0.05) is 32.8 Å². The molecule has 0 heterocycles. The van der Waals surface area contributed by atoms with E-state index in [0.717, 1.165) is 51.4 Å². The highest BCUT2D eigenvalue weighted by Gasteiger charge is 2.61. The minimum Gasteiger partial charge on any atom is -0.462 e. The summed E-state index contributed by atoms with van der Waals surface area (Å²) in [5, 5.41) is 0. The van der Waals surface area contributed by atoms with E-state index in [1.807, 2.05) is 0 Å². The number of ketones is 1. The van der Waals surface area contributed by atoms with Gasteiger partial charge in [-0.15, -0.1) is 0 Å². The molecule has 31 heavy (non-hydrogen) atoms. The summed E-state index contributed by atoms with van der Waals surface area (Å²) < 4.78 is 11.7. The smallest absolute Gasteiger partial charge is 0.306 e. The molecule has 3 fully saturated rings.